The van der Waals surface area contributed by atoms with Gasteiger partial charge in [0.15, 0.2) is 11.6 Å². The molecule has 1 aliphatic rings. The first-order valence-electron chi connectivity index (χ1n) is 8.54. The number of nitrogens with two attached hydrogens (primary N) is 2. The summed E-state index contributed by atoms with van der Waals surface area (Å²) in [6, 6.07) is 1.82. The van der Waals surface area contributed by atoms with Gasteiger partial charge in [-0.1, -0.05) is 13.8 Å². The van der Waals surface area contributed by atoms with Gasteiger partial charge in [-0.3, -0.25) is 4.79 Å². The number of primary amides is 1. The molecule has 3 rings (SSSR count). The molecule has 8 nitrogen and oxygen atoms in total. The quantitative estimate of drug-likeness (QED) is 0.847. The third-order valence-electron chi connectivity index (χ3n) is 4.85. The van der Waals surface area contributed by atoms with Crippen LogP contribution < -0.4 is 16.4 Å². The van der Waals surface area contributed by atoms with Gasteiger partial charge in [-0.15, -0.1) is 0 Å². The number of aromatic nitrogens is 4. The maximum Gasteiger partial charge on any atom is 0.223 e. The highest BCUT2D eigenvalue weighted by molar-refractivity contribution is 5.79. The minimum Gasteiger partial charge on any atom is -0.393 e. The Kier molecular flexibility index (Phi) is 4.61. The third-order valence-corrected chi connectivity index (χ3v) is 4.85. The third kappa shape index (κ3) is 3.57. The number of rotatable bonds is 5. The van der Waals surface area contributed by atoms with Crippen molar-refractivity contribution in [3.8, 4) is 5.82 Å². The van der Waals surface area contributed by atoms with Crippen molar-refractivity contribution in [1.82, 2.24) is 19.7 Å². The van der Waals surface area contributed by atoms with Crippen LogP contribution >= 0.6 is 0 Å². The van der Waals surface area contributed by atoms with Crippen molar-refractivity contribution in [3.63, 3.8) is 0 Å². The molecule has 0 spiro atoms. The summed E-state index contributed by atoms with van der Waals surface area (Å²) in [5.74, 6) is 1.42. The molecule has 1 atom stereocenters. The van der Waals surface area contributed by atoms with Crippen LogP contribution in [0.4, 0.5) is 11.5 Å². The predicted octanol–water partition coefficient (Wildman–Crippen LogP) is 1.36. The van der Waals surface area contributed by atoms with E-state index in [0.717, 1.165) is 38.2 Å². The summed E-state index contributed by atoms with van der Waals surface area (Å²) in [5, 5.41) is 4.19. The number of nitrogens with zero attached hydrogens (tertiary/aromatic N) is 5. The number of nitrogen functional groups attached to an aromatic ring is 1. The molecule has 0 bridgehead atoms. The van der Waals surface area contributed by atoms with Crippen molar-refractivity contribution in [2.75, 3.05) is 23.7 Å². The van der Waals surface area contributed by atoms with Gasteiger partial charge in [0.2, 0.25) is 5.91 Å². The predicted molar refractivity (Wildman–Crippen MR) is 96.1 cm³/mol. The van der Waals surface area contributed by atoms with E-state index >= 15 is 0 Å². The summed E-state index contributed by atoms with van der Waals surface area (Å²) in [6.07, 6.45) is 7.86. The van der Waals surface area contributed by atoms with Crippen molar-refractivity contribution in [1.29, 1.82) is 0 Å². The van der Waals surface area contributed by atoms with Crippen molar-refractivity contribution in [2.24, 2.45) is 17.1 Å². The first kappa shape index (κ1) is 17.2. The molecule has 1 saturated heterocycles. The van der Waals surface area contributed by atoms with Gasteiger partial charge >= 0.3 is 0 Å². The Balaban J connectivity index is 1.80. The minimum absolute atomic E-state index is 0.257. The Bertz CT molecular complexity index is 741. The lowest BCUT2D eigenvalue weighted by molar-refractivity contribution is -0.126. The van der Waals surface area contributed by atoms with E-state index in [1.807, 2.05) is 19.9 Å². The van der Waals surface area contributed by atoms with E-state index in [1.54, 1.807) is 17.1 Å². The summed E-state index contributed by atoms with van der Waals surface area (Å²) >= 11 is 0. The molecule has 25 heavy (non-hydrogen) atoms. The highest BCUT2D eigenvalue weighted by atomic mass is 16.1. The Hall–Kier alpha value is -2.64. The zero-order chi connectivity index (χ0) is 18.0. The largest absolute Gasteiger partial charge is 0.393 e. The summed E-state index contributed by atoms with van der Waals surface area (Å²) in [7, 11) is 0. The van der Waals surface area contributed by atoms with Crippen LogP contribution in [-0.4, -0.2) is 38.7 Å². The average Bonchev–Trinajstić information content (AvgIpc) is 3.09. The molecule has 4 N–H and O–H groups in total. The van der Waals surface area contributed by atoms with Gasteiger partial charge in [-0.25, -0.2) is 14.6 Å². The van der Waals surface area contributed by atoms with Gasteiger partial charge in [0.25, 0.3) is 0 Å². The number of amides is 1. The molecule has 1 fully saturated rings. The van der Waals surface area contributed by atoms with Gasteiger partial charge in [-0.05, 0) is 31.2 Å². The molecular weight excluding hydrogens is 318 g/mol. The van der Waals surface area contributed by atoms with Crippen LogP contribution in [0.5, 0.6) is 0 Å². The molecule has 3 heterocycles. The highest BCUT2D eigenvalue weighted by Crippen LogP contribution is 2.34. The van der Waals surface area contributed by atoms with Gasteiger partial charge in [0.1, 0.15) is 12.0 Å². The molecule has 0 aliphatic carbocycles. The lowest BCUT2D eigenvalue weighted by atomic mass is 9.79. The van der Waals surface area contributed by atoms with Crippen LogP contribution in [0.1, 0.15) is 33.1 Å². The molecule has 1 unspecified atom stereocenters. The fraction of sp³-hybridized carbons (Fsp3) is 0.529. The first-order chi connectivity index (χ1) is 11.9. The number of hydrogen-bond donors (Lipinski definition) is 2. The Morgan fingerprint density at radius 3 is 2.80 bits per heavy atom. The maximum absolute atomic E-state index is 11.6. The van der Waals surface area contributed by atoms with Gasteiger partial charge < -0.3 is 16.4 Å². The van der Waals surface area contributed by atoms with Crippen molar-refractivity contribution in [3.05, 3.63) is 24.8 Å². The zero-order valence-corrected chi connectivity index (χ0v) is 14.7. The number of carbonyl (C=O) groups is 1. The topological polar surface area (TPSA) is 116 Å². The number of piperidine rings is 1. The summed E-state index contributed by atoms with van der Waals surface area (Å²) in [6.45, 7) is 5.50. The van der Waals surface area contributed by atoms with E-state index in [9.17, 15) is 4.79 Å². The average molecular weight is 343 g/mol. The van der Waals surface area contributed by atoms with E-state index in [0.29, 0.717) is 17.4 Å². The second-order valence-corrected chi connectivity index (χ2v) is 7.29. The van der Waals surface area contributed by atoms with Gasteiger partial charge in [0.05, 0.1) is 0 Å². The SMILES string of the molecule is CC(C)(CC1CCCN(c2ncnc(-n3cccn3)c2N)C1)C(N)=O. The summed E-state index contributed by atoms with van der Waals surface area (Å²) < 4.78 is 1.64. The lowest BCUT2D eigenvalue weighted by Gasteiger charge is -2.37. The van der Waals surface area contributed by atoms with Crippen molar-refractivity contribution < 1.29 is 4.79 Å². The molecule has 2 aromatic heterocycles. The van der Waals surface area contributed by atoms with Crippen LogP contribution in [0.25, 0.3) is 5.82 Å². The van der Waals surface area contributed by atoms with Crippen LogP contribution in [-0.2, 0) is 4.79 Å². The standard InChI is InChI=1S/C17H25N7O/c1-17(2,16(19)25)9-12-5-3-7-23(10-12)14-13(18)15(21-11-20-14)24-8-4-6-22-24/h4,6,8,11-12H,3,5,7,9-10,18H2,1-2H3,(H2,19,25). The van der Waals surface area contributed by atoms with E-state index in [1.165, 1.54) is 6.33 Å². The minimum atomic E-state index is -0.509. The molecule has 134 valence electrons. The zero-order valence-electron chi connectivity index (χ0n) is 14.7. The van der Waals surface area contributed by atoms with E-state index < -0.39 is 5.41 Å². The second kappa shape index (κ2) is 6.70. The molecule has 0 saturated carbocycles. The molecule has 1 amide bonds. The summed E-state index contributed by atoms with van der Waals surface area (Å²) in [4.78, 5) is 22.5. The van der Waals surface area contributed by atoms with Crippen LogP contribution in [0.15, 0.2) is 24.8 Å². The van der Waals surface area contributed by atoms with E-state index in [4.69, 9.17) is 11.5 Å². The molecule has 2 aromatic rings. The monoisotopic (exact) mass is 343 g/mol. The van der Waals surface area contributed by atoms with Crippen LogP contribution in [0.3, 0.4) is 0 Å². The fourth-order valence-electron chi connectivity index (χ4n) is 3.45. The molecular formula is C17H25N7O. The number of anilines is 2. The van der Waals surface area contributed by atoms with Crippen LogP contribution in [0, 0.1) is 11.3 Å². The second-order valence-electron chi connectivity index (χ2n) is 7.29. The van der Waals surface area contributed by atoms with Gasteiger partial charge in [-0.2, -0.15) is 5.10 Å². The summed E-state index contributed by atoms with van der Waals surface area (Å²) in [5.41, 5.74) is 11.9. The fourth-order valence-corrected chi connectivity index (χ4v) is 3.45. The molecule has 0 aromatic carbocycles. The van der Waals surface area contributed by atoms with E-state index in [-0.39, 0.29) is 5.91 Å². The number of carbonyl (C=O) groups excluding carboxylic acids is 1. The maximum atomic E-state index is 11.6. The van der Waals surface area contributed by atoms with Crippen molar-refractivity contribution in [2.45, 2.75) is 33.1 Å². The van der Waals surface area contributed by atoms with Gasteiger partial charge in [0, 0.05) is 30.9 Å². The Labute approximate surface area is 147 Å². The normalized spacial score (nSPS) is 18.3. The molecule has 1 aliphatic heterocycles. The smallest absolute Gasteiger partial charge is 0.223 e. The number of hydrogen-bond acceptors (Lipinski definition) is 6. The Morgan fingerprint density at radius 2 is 2.12 bits per heavy atom. The molecule has 0 radical (unpaired) electrons. The lowest BCUT2D eigenvalue weighted by Crippen LogP contribution is -2.41. The molecule has 8 heteroatoms. The van der Waals surface area contributed by atoms with Crippen LogP contribution in [0.2, 0.25) is 0 Å². The highest BCUT2D eigenvalue weighted by Gasteiger charge is 2.32. The van der Waals surface area contributed by atoms with Crippen molar-refractivity contribution >= 4 is 17.4 Å². The van der Waals surface area contributed by atoms with E-state index in [2.05, 4.69) is 20.0 Å². The first-order valence-corrected chi connectivity index (χ1v) is 8.54. The Morgan fingerprint density at radius 1 is 1.36 bits per heavy atom.